The lowest BCUT2D eigenvalue weighted by molar-refractivity contribution is -0.383. The number of nitro groups is 1. The Balaban J connectivity index is 1.89. The zero-order chi connectivity index (χ0) is 18.5. The van der Waals surface area contributed by atoms with Crippen molar-refractivity contribution >= 4 is 46.2 Å². The second kappa shape index (κ2) is 8.51. The van der Waals surface area contributed by atoms with Gasteiger partial charge in [-0.05, 0) is 31.0 Å². The van der Waals surface area contributed by atoms with Gasteiger partial charge in [-0.1, -0.05) is 48.9 Å². The molecule has 138 valence electrons. The van der Waals surface area contributed by atoms with Crippen LogP contribution in [0.5, 0.6) is 0 Å². The van der Waals surface area contributed by atoms with Crippen LogP contribution in [0.4, 0.5) is 23.0 Å². The van der Waals surface area contributed by atoms with Gasteiger partial charge >= 0.3 is 5.69 Å². The summed E-state index contributed by atoms with van der Waals surface area (Å²) in [5, 5.41) is 18.7. The van der Waals surface area contributed by atoms with E-state index in [0.717, 1.165) is 25.7 Å². The van der Waals surface area contributed by atoms with Gasteiger partial charge in [0.15, 0.2) is 0 Å². The first kappa shape index (κ1) is 18.7. The van der Waals surface area contributed by atoms with Crippen LogP contribution in [0.1, 0.15) is 38.5 Å². The van der Waals surface area contributed by atoms with E-state index < -0.39 is 4.92 Å². The SMILES string of the molecule is O=[N+]([O-])c1c(Nc2ccc(Cl)cc2Cl)ncnc1NC1CCCCCC1. The molecule has 2 aromatic rings. The Kier molecular flexibility index (Phi) is 6.11. The molecule has 1 aliphatic carbocycles. The lowest BCUT2D eigenvalue weighted by Crippen LogP contribution is -2.20. The molecule has 1 saturated carbocycles. The van der Waals surface area contributed by atoms with Crippen LogP contribution in [-0.2, 0) is 0 Å². The molecule has 1 aromatic heterocycles. The number of hydrogen-bond acceptors (Lipinski definition) is 6. The Morgan fingerprint density at radius 3 is 2.42 bits per heavy atom. The second-order valence-electron chi connectivity index (χ2n) is 6.26. The van der Waals surface area contributed by atoms with Crippen LogP contribution in [0.2, 0.25) is 10.0 Å². The summed E-state index contributed by atoms with van der Waals surface area (Å²) in [4.78, 5) is 19.3. The van der Waals surface area contributed by atoms with E-state index in [1.165, 1.54) is 19.2 Å². The van der Waals surface area contributed by atoms with Crippen molar-refractivity contribution in [2.24, 2.45) is 0 Å². The standard InChI is InChI=1S/C17H19Cl2N5O2/c18-11-7-8-14(13(19)9-11)23-17-15(24(25)26)16(20-10-21-17)22-12-5-3-1-2-4-6-12/h7-10,12H,1-6H2,(H2,20,21,22,23). The molecular weight excluding hydrogens is 377 g/mol. The predicted molar refractivity (Wildman–Crippen MR) is 104 cm³/mol. The Hall–Kier alpha value is -2.12. The summed E-state index contributed by atoms with van der Waals surface area (Å²) in [5.74, 6) is 0.315. The number of aromatic nitrogens is 2. The molecular formula is C17H19Cl2N5O2. The number of halogens is 2. The van der Waals surface area contributed by atoms with Crippen molar-refractivity contribution < 1.29 is 4.92 Å². The van der Waals surface area contributed by atoms with Crippen LogP contribution in [0.25, 0.3) is 0 Å². The van der Waals surface area contributed by atoms with Crippen LogP contribution < -0.4 is 10.6 Å². The van der Waals surface area contributed by atoms with Crippen molar-refractivity contribution in [2.75, 3.05) is 10.6 Å². The molecule has 1 fully saturated rings. The lowest BCUT2D eigenvalue weighted by Gasteiger charge is -2.17. The quantitative estimate of drug-likeness (QED) is 0.390. The van der Waals surface area contributed by atoms with Gasteiger partial charge in [-0.15, -0.1) is 0 Å². The van der Waals surface area contributed by atoms with Crippen LogP contribution in [0.3, 0.4) is 0 Å². The van der Waals surface area contributed by atoms with Crippen LogP contribution >= 0.6 is 23.2 Å². The van der Waals surface area contributed by atoms with Crippen molar-refractivity contribution in [2.45, 2.75) is 44.6 Å². The van der Waals surface area contributed by atoms with Crippen molar-refractivity contribution in [3.8, 4) is 0 Å². The van der Waals surface area contributed by atoms with Crippen molar-refractivity contribution in [3.63, 3.8) is 0 Å². The zero-order valence-corrected chi connectivity index (χ0v) is 15.6. The maximum Gasteiger partial charge on any atom is 0.353 e. The summed E-state index contributed by atoms with van der Waals surface area (Å²) in [6, 6.07) is 5.03. The molecule has 26 heavy (non-hydrogen) atoms. The minimum Gasteiger partial charge on any atom is -0.361 e. The molecule has 0 atom stereocenters. The summed E-state index contributed by atoms with van der Waals surface area (Å²) in [6.07, 6.45) is 7.89. The van der Waals surface area contributed by atoms with Crippen LogP contribution in [-0.4, -0.2) is 20.9 Å². The Morgan fingerprint density at radius 2 is 1.77 bits per heavy atom. The molecule has 1 aromatic carbocycles. The smallest absolute Gasteiger partial charge is 0.353 e. The first-order valence-electron chi connectivity index (χ1n) is 8.52. The zero-order valence-electron chi connectivity index (χ0n) is 14.0. The van der Waals surface area contributed by atoms with E-state index in [-0.39, 0.29) is 23.4 Å². The van der Waals surface area contributed by atoms with Gasteiger partial charge in [0.2, 0.25) is 11.6 Å². The van der Waals surface area contributed by atoms with Crippen molar-refractivity contribution in [1.29, 1.82) is 0 Å². The molecule has 1 heterocycles. The second-order valence-corrected chi connectivity index (χ2v) is 7.10. The number of nitrogens with one attached hydrogen (secondary N) is 2. The first-order chi connectivity index (χ1) is 12.5. The first-order valence-corrected chi connectivity index (χ1v) is 9.28. The molecule has 0 amide bonds. The molecule has 0 unspecified atom stereocenters. The van der Waals surface area contributed by atoms with E-state index in [2.05, 4.69) is 20.6 Å². The average molecular weight is 396 g/mol. The topological polar surface area (TPSA) is 93.0 Å². The molecule has 1 aliphatic rings. The number of benzene rings is 1. The van der Waals surface area contributed by atoms with Gasteiger partial charge in [0.1, 0.15) is 6.33 Å². The summed E-state index contributed by atoms with van der Waals surface area (Å²) in [5.41, 5.74) is 0.293. The fourth-order valence-corrected chi connectivity index (χ4v) is 3.54. The van der Waals surface area contributed by atoms with Gasteiger partial charge in [-0.3, -0.25) is 10.1 Å². The lowest BCUT2D eigenvalue weighted by atomic mass is 10.1. The van der Waals surface area contributed by atoms with Crippen LogP contribution in [0.15, 0.2) is 24.5 Å². The Bertz CT molecular complexity index is 795. The maximum atomic E-state index is 11.7. The molecule has 0 saturated heterocycles. The van der Waals surface area contributed by atoms with Gasteiger partial charge in [0.25, 0.3) is 0 Å². The molecule has 3 rings (SSSR count). The average Bonchev–Trinajstić information content (AvgIpc) is 2.86. The number of hydrogen-bond donors (Lipinski definition) is 2. The summed E-state index contributed by atoms with van der Waals surface area (Å²) in [7, 11) is 0. The number of nitrogens with zero attached hydrogens (tertiary/aromatic N) is 3. The largest absolute Gasteiger partial charge is 0.361 e. The van der Waals surface area contributed by atoms with Gasteiger partial charge < -0.3 is 10.6 Å². The molecule has 7 nitrogen and oxygen atoms in total. The van der Waals surface area contributed by atoms with Gasteiger partial charge in [0.05, 0.1) is 15.6 Å². The third kappa shape index (κ3) is 4.53. The summed E-state index contributed by atoms with van der Waals surface area (Å²) in [6.45, 7) is 0. The molecule has 9 heteroatoms. The maximum absolute atomic E-state index is 11.7. The van der Waals surface area contributed by atoms with E-state index in [0.29, 0.717) is 15.7 Å². The molecule has 2 N–H and O–H groups in total. The minimum atomic E-state index is -0.481. The van der Waals surface area contributed by atoms with E-state index >= 15 is 0 Å². The number of rotatable bonds is 5. The minimum absolute atomic E-state index is 0.0883. The molecule has 0 radical (unpaired) electrons. The van der Waals surface area contributed by atoms with E-state index in [9.17, 15) is 10.1 Å². The predicted octanol–water partition coefficient (Wildman–Crippen LogP) is 5.57. The fourth-order valence-electron chi connectivity index (χ4n) is 3.08. The van der Waals surface area contributed by atoms with E-state index in [1.807, 2.05) is 0 Å². The third-order valence-corrected chi connectivity index (χ3v) is 4.93. The Labute approximate surface area is 161 Å². The third-order valence-electron chi connectivity index (χ3n) is 4.39. The summed E-state index contributed by atoms with van der Waals surface area (Å²) < 4.78 is 0. The molecule has 0 aliphatic heterocycles. The molecule has 0 spiro atoms. The number of anilines is 3. The highest BCUT2D eigenvalue weighted by atomic mass is 35.5. The van der Waals surface area contributed by atoms with Gasteiger partial charge in [-0.2, -0.15) is 0 Å². The summed E-state index contributed by atoms with van der Waals surface area (Å²) >= 11 is 12.0. The fraction of sp³-hybridized carbons (Fsp3) is 0.412. The van der Waals surface area contributed by atoms with Crippen molar-refractivity contribution in [3.05, 3.63) is 44.7 Å². The van der Waals surface area contributed by atoms with Crippen molar-refractivity contribution in [1.82, 2.24) is 9.97 Å². The Morgan fingerprint density at radius 1 is 1.08 bits per heavy atom. The van der Waals surface area contributed by atoms with Gasteiger partial charge in [-0.25, -0.2) is 9.97 Å². The monoisotopic (exact) mass is 395 g/mol. The van der Waals surface area contributed by atoms with E-state index in [4.69, 9.17) is 23.2 Å². The van der Waals surface area contributed by atoms with E-state index in [1.54, 1.807) is 18.2 Å². The van der Waals surface area contributed by atoms with Gasteiger partial charge in [0, 0.05) is 11.1 Å². The highest BCUT2D eigenvalue weighted by Gasteiger charge is 2.25. The highest BCUT2D eigenvalue weighted by Crippen LogP contribution is 2.35. The molecule has 0 bridgehead atoms. The normalized spacial score (nSPS) is 15.3. The highest BCUT2D eigenvalue weighted by molar-refractivity contribution is 6.36. The van der Waals surface area contributed by atoms with Crippen LogP contribution in [0, 0.1) is 10.1 Å².